The lowest BCUT2D eigenvalue weighted by Crippen LogP contribution is -2.58. The third-order valence-electron chi connectivity index (χ3n) is 3.68. The highest BCUT2D eigenvalue weighted by Crippen LogP contribution is 2.27. The molecule has 1 N–H and O–H groups in total. The van der Waals surface area contributed by atoms with E-state index in [-0.39, 0.29) is 0 Å². The van der Waals surface area contributed by atoms with Gasteiger partial charge in [-0.25, -0.2) is 0 Å². The predicted molar refractivity (Wildman–Crippen MR) is 73.1 cm³/mol. The molecule has 1 atom stereocenters. The molecule has 17 heavy (non-hydrogen) atoms. The van der Waals surface area contributed by atoms with Gasteiger partial charge in [0.1, 0.15) is 0 Å². The van der Waals surface area contributed by atoms with Crippen molar-refractivity contribution in [2.75, 3.05) is 19.6 Å². The molecule has 0 aromatic heterocycles. The molecule has 1 aliphatic rings. The molecular formula is C15H24N2. The van der Waals surface area contributed by atoms with Gasteiger partial charge in [-0.05, 0) is 24.9 Å². The van der Waals surface area contributed by atoms with E-state index in [0.717, 1.165) is 19.1 Å². The van der Waals surface area contributed by atoms with Gasteiger partial charge in [0.2, 0.25) is 0 Å². The van der Waals surface area contributed by atoms with E-state index >= 15 is 0 Å². The smallest absolute Gasteiger partial charge is 0.0351 e. The van der Waals surface area contributed by atoms with Crippen LogP contribution in [-0.4, -0.2) is 30.6 Å². The zero-order chi connectivity index (χ0) is 12.1. The molecule has 1 aliphatic heterocycles. The Morgan fingerprint density at radius 2 is 1.94 bits per heavy atom. The topological polar surface area (TPSA) is 15.3 Å². The minimum absolute atomic E-state index is 0.586. The summed E-state index contributed by atoms with van der Waals surface area (Å²) in [6.45, 7) is 8.09. The monoisotopic (exact) mass is 232 g/mol. The average Bonchev–Trinajstić information content (AvgIpc) is 2.29. The molecule has 1 fully saturated rings. The van der Waals surface area contributed by atoms with E-state index in [1.807, 2.05) is 0 Å². The fraction of sp³-hybridized carbons (Fsp3) is 0.600. The molecule has 94 valence electrons. The Bertz CT molecular complexity index is 319. The fourth-order valence-electron chi connectivity index (χ4n) is 2.70. The Morgan fingerprint density at radius 1 is 1.24 bits per heavy atom. The van der Waals surface area contributed by atoms with Crippen LogP contribution in [0.1, 0.15) is 38.3 Å². The number of rotatable bonds is 6. The van der Waals surface area contributed by atoms with Crippen molar-refractivity contribution in [2.45, 2.75) is 38.8 Å². The highest BCUT2D eigenvalue weighted by molar-refractivity contribution is 5.19. The maximum Gasteiger partial charge on any atom is 0.0351 e. The first-order chi connectivity index (χ1) is 8.36. The Hall–Kier alpha value is -0.860. The molecule has 0 spiro atoms. The molecule has 1 aromatic rings. The first-order valence-corrected chi connectivity index (χ1v) is 6.88. The zero-order valence-corrected chi connectivity index (χ0v) is 11.0. The molecule has 0 aliphatic carbocycles. The van der Waals surface area contributed by atoms with Crippen molar-refractivity contribution < 1.29 is 0 Å². The summed E-state index contributed by atoms with van der Waals surface area (Å²) >= 11 is 0. The van der Waals surface area contributed by atoms with Gasteiger partial charge in [0, 0.05) is 25.2 Å². The normalized spacial score (nSPS) is 18.1. The first kappa shape index (κ1) is 12.6. The highest BCUT2D eigenvalue weighted by Gasteiger charge is 2.29. The van der Waals surface area contributed by atoms with E-state index < -0.39 is 0 Å². The summed E-state index contributed by atoms with van der Waals surface area (Å²) in [7, 11) is 0. The number of hydrogen-bond donors (Lipinski definition) is 1. The molecule has 1 aromatic carbocycles. The molecule has 0 bridgehead atoms. The molecule has 0 radical (unpaired) electrons. The maximum absolute atomic E-state index is 3.39. The van der Waals surface area contributed by atoms with Gasteiger partial charge < -0.3 is 5.32 Å². The van der Waals surface area contributed by atoms with Crippen molar-refractivity contribution in [3.05, 3.63) is 35.9 Å². The number of nitrogens with zero attached hydrogens (tertiary/aromatic N) is 1. The van der Waals surface area contributed by atoms with Gasteiger partial charge in [0.15, 0.2) is 0 Å². The molecule has 0 amide bonds. The Kier molecular flexibility index (Phi) is 4.57. The van der Waals surface area contributed by atoms with Crippen LogP contribution >= 0.6 is 0 Å². The molecule has 2 nitrogen and oxygen atoms in total. The number of hydrogen-bond acceptors (Lipinski definition) is 2. The van der Waals surface area contributed by atoms with Gasteiger partial charge in [-0.2, -0.15) is 0 Å². The SMILES string of the molecule is CCCN(C1CNC1)C(CC)c1ccccc1. The van der Waals surface area contributed by atoms with Crippen LogP contribution in [0, 0.1) is 0 Å². The molecule has 1 heterocycles. The summed E-state index contributed by atoms with van der Waals surface area (Å²) in [5.41, 5.74) is 1.47. The quantitative estimate of drug-likeness (QED) is 0.811. The van der Waals surface area contributed by atoms with Crippen molar-refractivity contribution in [2.24, 2.45) is 0 Å². The van der Waals surface area contributed by atoms with Crippen LogP contribution in [0.5, 0.6) is 0 Å². The first-order valence-electron chi connectivity index (χ1n) is 6.88. The molecule has 0 saturated carbocycles. The van der Waals surface area contributed by atoms with Crippen LogP contribution in [0.4, 0.5) is 0 Å². The minimum Gasteiger partial charge on any atom is -0.314 e. The number of nitrogens with one attached hydrogen (secondary N) is 1. The van der Waals surface area contributed by atoms with Crippen LogP contribution in [0.3, 0.4) is 0 Å². The van der Waals surface area contributed by atoms with Gasteiger partial charge >= 0.3 is 0 Å². The van der Waals surface area contributed by atoms with Crippen molar-refractivity contribution >= 4 is 0 Å². The molecule has 2 rings (SSSR count). The Labute approximate surface area is 105 Å². The summed E-state index contributed by atoms with van der Waals surface area (Å²) in [4.78, 5) is 2.69. The van der Waals surface area contributed by atoms with Gasteiger partial charge in [-0.15, -0.1) is 0 Å². The highest BCUT2D eigenvalue weighted by atomic mass is 15.3. The standard InChI is InChI=1S/C15H24N2/c1-3-10-17(14-11-16-12-14)15(4-2)13-8-6-5-7-9-13/h5-9,14-16H,3-4,10-12H2,1-2H3. The summed E-state index contributed by atoms with van der Waals surface area (Å²) in [6, 6.07) is 12.3. The summed E-state index contributed by atoms with van der Waals surface area (Å²) in [6.07, 6.45) is 2.43. The van der Waals surface area contributed by atoms with Crippen molar-refractivity contribution in [3.8, 4) is 0 Å². The summed E-state index contributed by atoms with van der Waals surface area (Å²) in [5.74, 6) is 0. The van der Waals surface area contributed by atoms with Crippen LogP contribution in [0.2, 0.25) is 0 Å². The van der Waals surface area contributed by atoms with E-state index in [1.54, 1.807) is 0 Å². The van der Waals surface area contributed by atoms with Crippen LogP contribution in [-0.2, 0) is 0 Å². The lowest BCUT2D eigenvalue weighted by atomic mass is 9.98. The van der Waals surface area contributed by atoms with E-state index in [4.69, 9.17) is 0 Å². The van der Waals surface area contributed by atoms with Crippen LogP contribution < -0.4 is 5.32 Å². The molecule has 1 saturated heterocycles. The largest absolute Gasteiger partial charge is 0.314 e. The van der Waals surface area contributed by atoms with E-state index in [2.05, 4.69) is 54.4 Å². The van der Waals surface area contributed by atoms with Crippen molar-refractivity contribution in [1.82, 2.24) is 10.2 Å². The zero-order valence-electron chi connectivity index (χ0n) is 11.0. The Balaban J connectivity index is 2.13. The second-order valence-corrected chi connectivity index (χ2v) is 4.88. The average molecular weight is 232 g/mol. The molecular weight excluding hydrogens is 208 g/mol. The lowest BCUT2D eigenvalue weighted by molar-refractivity contribution is 0.0916. The van der Waals surface area contributed by atoms with Crippen molar-refractivity contribution in [3.63, 3.8) is 0 Å². The van der Waals surface area contributed by atoms with Gasteiger partial charge in [-0.1, -0.05) is 44.2 Å². The number of benzene rings is 1. The molecule has 1 unspecified atom stereocenters. The summed E-state index contributed by atoms with van der Waals surface area (Å²) < 4.78 is 0. The second-order valence-electron chi connectivity index (χ2n) is 4.88. The summed E-state index contributed by atoms with van der Waals surface area (Å²) in [5, 5.41) is 3.39. The van der Waals surface area contributed by atoms with Crippen LogP contribution in [0.15, 0.2) is 30.3 Å². The minimum atomic E-state index is 0.586. The Morgan fingerprint density at radius 3 is 2.41 bits per heavy atom. The van der Waals surface area contributed by atoms with E-state index in [0.29, 0.717) is 6.04 Å². The fourth-order valence-corrected chi connectivity index (χ4v) is 2.70. The van der Waals surface area contributed by atoms with Gasteiger partial charge in [0.25, 0.3) is 0 Å². The molecule has 2 heteroatoms. The van der Waals surface area contributed by atoms with E-state index in [9.17, 15) is 0 Å². The predicted octanol–water partition coefficient (Wildman–Crippen LogP) is 2.82. The van der Waals surface area contributed by atoms with Crippen LogP contribution in [0.25, 0.3) is 0 Å². The lowest BCUT2D eigenvalue weighted by Gasteiger charge is -2.43. The third-order valence-corrected chi connectivity index (χ3v) is 3.68. The maximum atomic E-state index is 3.39. The second kappa shape index (κ2) is 6.18. The third kappa shape index (κ3) is 2.88. The van der Waals surface area contributed by atoms with E-state index in [1.165, 1.54) is 24.9 Å². The van der Waals surface area contributed by atoms with Gasteiger partial charge in [-0.3, -0.25) is 4.90 Å². The van der Waals surface area contributed by atoms with Gasteiger partial charge in [0.05, 0.1) is 0 Å². The van der Waals surface area contributed by atoms with Crippen molar-refractivity contribution in [1.29, 1.82) is 0 Å².